The zero-order chi connectivity index (χ0) is 29.2. The number of nitrogens with one attached hydrogen (secondary N) is 3. The highest BCUT2D eigenvalue weighted by Crippen LogP contribution is 2.25. The summed E-state index contributed by atoms with van der Waals surface area (Å²) in [5, 5.41) is 12.7. The van der Waals surface area contributed by atoms with Crippen LogP contribution in [0.3, 0.4) is 0 Å². The first kappa shape index (κ1) is 28.6. The first-order chi connectivity index (χ1) is 18.9. The molecule has 0 aliphatic carbocycles. The summed E-state index contributed by atoms with van der Waals surface area (Å²) in [5.74, 6) is -2.41. The first-order valence-electron chi connectivity index (χ1n) is 12.7. The van der Waals surface area contributed by atoms with Crippen molar-refractivity contribution in [3.8, 4) is 5.69 Å². The third-order valence-electron chi connectivity index (χ3n) is 6.83. The third-order valence-corrected chi connectivity index (χ3v) is 6.83. The molecular formula is C27H31F3N7O3+. The van der Waals surface area contributed by atoms with Gasteiger partial charge in [0.25, 0.3) is 5.56 Å². The minimum atomic E-state index is -5.19. The Hall–Kier alpha value is -4.39. The number of aliphatic carboxylic acids is 1. The number of benzene rings is 2. The molecule has 2 aromatic heterocycles. The van der Waals surface area contributed by atoms with Crippen molar-refractivity contribution in [3.05, 3.63) is 70.1 Å². The summed E-state index contributed by atoms with van der Waals surface area (Å²) in [6.07, 6.45) is -3.46. The van der Waals surface area contributed by atoms with Gasteiger partial charge in [0, 0.05) is 12.7 Å². The van der Waals surface area contributed by atoms with Gasteiger partial charge < -0.3 is 19.7 Å². The Kier molecular flexibility index (Phi) is 8.14. The normalized spacial score (nSPS) is 14.1. The number of aryl methyl sites for hydroxylation is 3. The van der Waals surface area contributed by atoms with E-state index in [-0.39, 0.29) is 5.56 Å². The maximum Gasteiger partial charge on any atom is 0.430 e. The number of carboxylic acids is 1. The standard InChI is InChI=1S/C25H29N7O.C2HF3O2/c1-17-7-5-6-8-22(17)32-24(33)20-16-26-25(28-23(20)30(32)4)27-19-9-10-21(18(2)15-19)31-13-11-29(3)12-14-31;3-2(4,5)1(6)7/h5-10,15-16H,11-14H2,1-4H3,(H,26,27,28);(H,6,7)/p+1. The Balaban J connectivity index is 0.000000470. The minimum absolute atomic E-state index is 0.0914. The van der Waals surface area contributed by atoms with Gasteiger partial charge in [-0.05, 0) is 49.2 Å². The van der Waals surface area contributed by atoms with E-state index in [1.54, 1.807) is 15.8 Å². The summed E-state index contributed by atoms with van der Waals surface area (Å²) in [6.45, 7) is 8.65. The number of aromatic amines is 1. The quantitative estimate of drug-likeness (QED) is 0.378. The highest BCUT2D eigenvalue weighted by Gasteiger charge is 2.29. The van der Waals surface area contributed by atoms with E-state index in [2.05, 4.69) is 47.4 Å². The Morgan fingerprint density at radius 1 is 1.07 bits per heavy atom. The fourth-order valence-electron chi connectivity index (χ4n) is 4.64. The van der Waals surface area contributed by atoms with Crippen molar-refractivity contribution in [2.75, 3.05) is 43.4 Å². The maximum absolute atomic E-state index is 13.1. The number of anilines is 3. The second kappa shape index (κ2) is 11.4. The lowest BCUT2D eigenvalue weighted by Crippen LogP contribution is -3.12. The minimum Gasteiger partial charge on any atom is -0.542 e. The second-order valence-corrected chi connectivity index (χ2v) is 9.77. The van der Waals surface area contributed by atoms with Crippen LogP contribution in [0.15, 0.2) is 53.5 Å². The van der Waals surface area contributed by atoms with Crippen molar-refractivity contribution in [2.24, 2.45) is 7.05 Å². The van der Waals surface area contributed by atoms with E-state index in [9.17, 15) is 18.0 Å². The number of hydrogen-bond donors (Lipinski definition) is 2. The molecular weight excluding hydrogens is 527 g/mol. The van der Waals surface area contributed by atoms with Gasteiger partial charge in [-0.25, -0.2) is 19.7 Å². The number of nitrogens with zero attached hydrogens (tertiary/aromatic N) is 4. The highest BCUT2D eigenvalue weighted by atomic mass is 19.4. The van der Waals surface area contributed by atoms with Crippen molar-refractivity contribution in [1.82, 2.24) is 14.3 Å². The maximum atomic E-state index is 13.1. The zero-order valence-electron chi connectivity index (χ0n) is 22.6. The lowest BCUT2D eigenvalue weighted by Gasteiger charge is -2.32. The average Bonchev–Trinajstić information content (AvgIpc) is 3.14. The number of fused-ring (bicyclic) bond motifs is 1. The molecule has 0 bridgehead atoms. The Morgan fingerprint density at radius 2 is 1.73 bits per heavy atom. The SMILES string of the molecule is Cc1cc(Nc2nc3c(c[nH+]2)c(=O)n(-c2ccccc2C)n3C)ccc1N1CC[NH+](C)CC1.O=C([O-])C(F)(F)F. The number of aromatic nitrogens is 4. The average molecular weight is 559 g/mol. The van der Waals surface area contributed by atoms with Gasteiger partial charge in [-0.3, -0.25) is 4.79 Å². The van der Waals surface area contributed by atoms with E-state index in [1.807, 2.05) is 42.9 Å². The summed E-state index contributed by atoms with van der Waals surface area (Å²) in [7, 11) is 4.12. The van der Waals surface area contributed by atoms with Crippen molar-refractivity contribution >= 4 is 34.3 Å². The smallest absolute Gasteiger partial charge is 0.430 e. The largest absolute Gasteiger partial charge is 0.542 e. The molecule has 0 saturated carbocycles. The number of quaternary nitrogens is 1. The molecule has 10 nitrogen and oxygen atoms in total. The second-order valence-electron chi connectivity index (χ2n) is 9.77. The van der Waals surface area contributed by atoms with Gasteiger partial charge in [-0.1, -0.05) is 23.2 Å². The number of likely N-dealkylation sites (N-methyl/N-ethyl adjacent to an activating group) is 1. The van der Waals surface area contributed by atoms with Gasteiger partial charge in [-0.15, -0.1) is 0 Å². The molecule has 3 heterocycles. The molecule has 3 N–H and O–H groups in total. The van der Waals surface area contributed by atoms with Gasteiger partial charge in [0.2, 0.25) is 5.65 Å². The van der Waals surface area contributed by atoms with Crippen molar-refractivity contribution < 1.29 is 33.0 Å². The molecule has 2 aromatic carbocycles. The monoisotopic (exact) mass is 558 g/mol. The van der Waals surface area contributed by atoms with E-state index < -0.39 is 12.1 Å². The molecule has 212 valence electrons. The van der Waals surface area contributed by atoms with Crippen LogP contribution in [0.1, 0.15) is 11.1 Å². The third kappa shape index (κ3) is 6.09. The summed E-state index contributed by atoms with van der Waals surface area (Å²) >= 11 is 0. The Morgan fingerprint density at radius 3 is 2.33 bits per heavy atom. The van der Waals surface area contributed by atoms with E-state index in [4.69, 9.17) is 14.9 Å². The van der Waals surface area contributed by atoms with E-state index in [0.29, 0.717) is 17.0 Å². The number of carboxylic acid groups (broad SMARTS) is 1. The highest BCUT2D eigenvalue weighted by molar-refractivity contribution is 5.75. The van der Waals surface area contributed by atoms with E-state index >= 15 is 0 Å². The summed E-state index contributed by atoms with van der Waals surface area (Å²) < 4.78 is 35.0. The lowest BCUT2D eigenvalue weighted by atomic mass is 10.1. The van der Waals surface area contributed by atoms with E-state index in [1.165, 1.54) is 24.3 Å². The van der Waals surface area contributed by atoms with Crippen LogP contribution >= 0.6 is 0 Å². The fraction of sp³-hybridized carbons (Fsp3) is 0.333. The van der Waals surface area contributed by atoms with Gasteiger partial charge in [0.1, 0.15) is 11.4 Å². The summed E-state index contributed by atoms with van der Waals surface area (Å²) in [6, 6.07) is 14.3. The number of carbonyl (C=O) groups is 1. The topological polar surface area (TPSA) is 114 Å². The first-order valence-corrected chi connectivity index (χ1v) is 12.7. The lowest BCUT2D eigenvalue weighted by molar-refractivity contribution is -0.880. The van der Waals surface area contributed by atoms with E-state index in [0.717, 1.165) is 30.0 Å². The number of halogens is 3. The molecule has 0 atom stereocenters. The molecule has 13 heteroatoms. The zero-order valence-corrected chi connectivity index (χ0v) is 22.6. The van der Waals surface area contributed by atoms with Crippen LogP contribution in [-0.4, -0.2) is 59.7 Å². The molecule has 1 aliphatic heterocycles. The number of rotatable bonds is 4. The van der Waals surface area contributed by atoms with Crippen molar-refractivity contribution in [3.63, 3.8) is 0 Å². The molecule has 0 radical (unpaired) electrons. The number of alkyl halides is 3. The molecule has 1 fully saturated rings. The predicted molar refractivity (Wildman–Crippen MR) is 142 cm³/mol. The van der Waals surface area contributed by atoms with Crippen LogP contribution in [0.2, 0.25) is 0 Å². The molecule has 0 spiro atoms. The van der Waals surface area contributed by atoms with Crippen molar-refractivity contribution in [1.29, 1.82) is 0 Å². The number of H-pyrrole nitrogens is 1. The molecule has 0 unspecified atom stereocenters. The van der Waals surface area contributed by atoms with Crippen LogP contribution in [0.25, 0.3) is 16.7 Å². The van der Waals surface area contributed by atoms with Gasteiger partial charge >= 0.3 is 12.1 Å². The van der Waals surface area contributed by atoms with Crippen molar-refractivity contribution in [2.45, 2.75) is 20.0 Å². The number of piperazine rings is 1. The van der Waals surface area contributed by atoms with Gasteiger partial charge in [0.15, 0.2) is 0 Å². The number of hydrogen-bond acceptors (Lipinski definition) is 6. The molecule has 5 rings (SSSR count). The number of carbonyl (C=O) groups excluding carboxylic acids is 1. The van der Waals surface area contributed by atoms with Gasteiger partial charge in [-0.2, -0.15) is 13.2 Å². The van der Waals surface area contributed by atoms with Crippen LogP contribution < -0.4 is 30.8 Å². The summed E-state index contributed by atoms with van der Waals surface area (Å²) in [4.78, 5) is 33.8. The molecule has 40 heavy (non-hydrogen) atoms. The molecule has 1 saturated heterocycles. The molecule has 0 amide bonds. The fourth-order valence-corrected chi connectivity index (χ4v) is 4.64. The predicted octanol–water partition coefficient (Wildman–Crippen LogP) is 0.532. The Labute approximate surface area is 228 Å². The van der Waals surface area contributed by atoms with Gasteiger partial charge in [0.05, 0.1) is 50.8 Å². The molecule has 1 aliphatic rings. The van der Waals surface area contributed by atoms with Crippen LogP contribution in [-0.2, 0) is 11.8 Å². The summed E-state index contributed by atoms with van der Waals surface area (Å²) in [5.41, 5.74) is 5.91. The van der Waals surface area contributed by atoms with Crippen LogP contribution in [0.4, 0.5) is 30.5 Å². The number of para-hydroxylation sites is 1. The van der Waals surface area contributed by atoms with Crippen LogP contribution in [0, 0.1) is 13.8 Å². The Bertz CT molecular complexity index is 1590. The van der Waals surface area contributed by atoms with Crippen LogP contribution in [0.5, 0.6) is 0 Å². The molecule has 4 aromatic rings.